The van der Waals surface area contributed by atoms with E-state index in [9.17, 15) is 0 Å². The van der Waals surface area contributed by atoms with Crippen molar-refractivity contribution in [3.63, 3.8) is 0 Å². The highest BCUT2D eigenvalue weighted by atomic mass is 79.9. The summed E-state index contributed by atoms with van der Waals surface area (Å²) in [6, 6.07) is 0.644. The van der Waals surface area contributed by atoms with Crippen LogP contribution in [0.2, 0.25) is 5.02 Å². The highest BCUT2D eigenvalue weighted by Gasteiger charge is 2.25. The summed E-state index contributed by atoms with van der Waals surface area (Å²) in [5.74, 6) is 0. The third-order valence-corrected chi connectivity index (χ3v) is 4.72. The van der Waals surface area contributed by atoms with E-state index in [2.05, 4.69) is 32.9 Å². The molecule has 1 saturated heterocycles. The molecule has 1 atom stereocenters. The number of alkyl halides is 1. The topological polar surface area (TPSA) is 21.1 Å². The Morgan fingerprint density at radius 1 is 1.53 bits per heavy atom. The van der Waals surface area contributed by atoms with Crippen LogP contribution in [0.25, 0.3) is 0 Å². The minimum absolute atomic E-state index is 0.644. The van der Waals surface area contributed by atoms with Crippen molar-refractivity contribution in [2.75, 3.05) is 11.9 Å². The molecule has 1 aromatic heterocycles. The van der Waals surface area contributed by atoms with Crippen LogP contribution in [0.1, 0.15) is 31.2 Å². The maximum absolute atomic E-state index is 6.38. The van der Waals surface area contributed by atoms with Crippen LogP contribution in [0.15, 0.2) is 0 Å². The van der Waals surface area contributed by atoms with Gasteiger partial charge >= 0.3 is 0 Å². The van der Waals surface area contributed by atoms with Gasteiger partial charge in [-0.3, -0.25) is 9.58 Å². The van der Waals surface area contributed by atoms with Crippen LogP contribution in [0.4, 0.5) is 0 Å². The van der Waals surface area contributed by atoms with Crippen molar-refractivity contribution in [3.8, 4) is 0 Å². The molecule has 0 bridgehead atoms. The first-order valence-corrected chi connectivity index (χ1v) is 7.67. The highest BCUT2D eigenvalue weighted by Crippen LogP contribution is 2.26. The van der Waals surface area contributed by atoms with Gasteiger partial charge in [-0.15, -0.1) is 0 Å². The van der Waals surface area contributed by atoms with Crippen LogP contribution in [0.5, 0.6) is 0 Å². The first kappa shape index (κ1) is 13.4. The molecule has 3 nitrogen and oxygen atoms in total. The maximum atomic E-state index is 6.38. The van der Waals surface area contributed by atoms with E-state index >= 15 is 0 Å². The fourth-order valence-electron chi connectivity index (χ4n) is 2.46. The highest BCUT2D eigenvalue weighted by molar-refractivity contribution is 9.09. The van der Waals surface area contributed by atoms with Crippen LogP contribution in [-0.4, -0.2) is 32.6 Å². The Balaban J connectivity index is 2.15. The molecule has 2 rings (SSSR count). The van der Waals surface area contributed by atoms with Crippen molar-refractivity contribution in [1.82, 2.24) is 14.7 Å². The summed E-state index contributed by atoms with van der Waals surface area (Å²) in [6.07, 6.45) is 3.46. The van der Waals surface area contributed by atoms with Crippen molar-refractivity contribution in [2.45, 2.75) is 38.8 Å². The summed E-state index contributed by atoms with van der Waals surface area (Å²) in [6.45, 7) is 4.17. The number of nitrogens with zero attached hydrogens (tertiary/aromatic N) is 3. The van der Waals surface area contributed by atoms with Gasteiger partial charge in [-0.05, 0) is 25.8 Å². The predicted molar refractivity (Wildman–Crippen MR) is 74.8 cm³/mol. The summed E-state index contributed by atoms with van der Waals surface area (Å²) >= 11 is 9.97. The Hall–Kier alpha value is -0.0600. The zero-order valence-electron chi connectivity index (χ0n) is 10.4. The van der Waals surface area contributed by atoms with Crippen molar-refractivity contribution < 1.29 is 0 Å². The summed E-state index contributed by atoms with van der Waals surface area (Å²) < 4.78 is 1.94. The van der Waals surface area contributed by atoms with E-state index in [0.717, 1.165) is 34.7 Å². The van der Waals surface area contributed by atoms with Gasteiger partial charge in [0.2, 0.25) is 0 Å². The molecule has 0 radical (unpaired) electrons. The monoisotopic (exact) mass is 319 g/mol. The van der Waals surface area contributed by atoms with Gasteiger partial charge in [0.1, 0.15) is 0 Å². The third kappa shape index (κ3) is 2.69. The lowest BCUT2D eigenvalue weighted by Gasteiger charge is -2.22. The smallest absolute Gasteiger partial charge is 0.0863 e. The number of aryl methyl sites for hydroxylation is 2. The van der Waals surface area contributed by atoms with Crippen LogP contribution < -0.4 is 0 Å². The third-order valence-electron chi connectivity index (χ3n) is 3.53. The van der Waals surface area contributed by atoms with Gasteiger partial charge in [-0.1, -0.05) is 34.5 Å². The quantitative estimate of drug-likeness (QED) is 0.795. The second-order valence-corrected chi connectivity index (χ2v) is 5.63. The van der Waals surface area contributed by atoms with Gasteiger partial charge in [-0.2, -0.15) is 5.10 Å². The van der Waals surface area contributed by atoms with Gasteiger partial charge in [0.05, 0.1) is 16.4 Å². The molecule has 5 heteroatoms. The Kier molecular flexibility index (Phi) is 4.50. The van der Waals surface area contributed by atoms with Gasteiger partial charge in [0.15, 0.2) is 0 Å². The van der Waals surface area contributed by atoms with Crippen LogP contribution >= 0.6 is 27.5 Å². The molecule has 0 aliphatic carbocycles. The van der Waals surface area contributed by atoms with Crippen molar-refractivity contribution in [2.24, 2.45) is 7.05 Å². The second-order valence-electron chi connectivity index (χ2n) is 4.61. The summed E-state index contributed by atoms with van der Waals surface area (Å²) in [5, 5.41) is 6.37. The van der Waals surface area contributed by atoms with Crippen LogP contribution in [0, 0.1) is 0 Å². The fourth-order valence-corrected chi connectivity index (χ4v) is 3.55. The molecule has 1 unspecified atom stereocenters. The Bertz CT molecular complexity index is 391. The molecule has 1 aliphatic heterocycles. The molecule has 0 saturated carbocycles. The van der Waals surface area contributed by atoms with E-state index in [1.165, 1.54) is 19.4 Å². The minimum atomic E-state index is 0.644. The molecule has 1 aliphatic rings. The maximum Gasteiger partial charge on any atom is 0.0863 e. The Labute approximate surface area is 116 Å². The van der Waals surface area contributed by atoms with E-state index in [0.29, 0.717) is 6.04 Å². The number of hydrogen-bond acceptors (Lipinski definition) is 2. The standard InChI is InChI=1S/C12H19BrClN3/c1-3-10-12(14)11(16(2)15-10)8-17-6-4-5-9(17)7-13/h9H,3-8H2,1-2H3. The van der Waals surface area contributed by atoms with Crippen molar-refractivity contribution in [1.29, 1.82) is 0 Å². The van der Waals surface area contributed by atoms with Gasteiger partial charge in [0, 0.05) is 25.0 Å². The zero-order valence-corrected chi connectivity index (χ0v) is 12.8. The molecular weight excluding hydrogens is 302 g/mol. The minimum Gasteiger partial charge on any atom is -0.294 e. The van der Waals surface area contributed by atoms with Crippen LogP contribution in [-0.2, 0) is 20.0 Å². The summed E-state index contributed by atoms with van der Waals surface area (Å²) in [4.78, 5) is 2.50. The molecule has 17 heavy (non-hydrogen) atoms. The van der Waals surface area contributed by atoms with E-state index in [1.54, 1.807) is 0 Å². The first-order chi connectivity index (χ1) is 8.17. The average molecular weight is 321 g/mol. The van der Waals surface area contributed by atoms with E-state index in [1.807, 2.05) is 11.7 Å². The number of halogens is 2. The normalized spacial score (nSPS) is 21.3. The molecule has 0 spiro atoms. The SMILES string of the molecule is CCc1nn(C)c(CN2CCCC2CBr)c1Cl. The van der Waals surface area contributed by atoms with Crippen molar-refractivity contribution in [3.05, 3.63) is 16.4 Å². The lowest BCUT2D eigenvalue weighted by atomic mass is 10.2. The van der Waals surface area contributed by atoms with Gasteiger partial charge < -0.3 is 0 Å². The van der Waals surface area contributed by atoms with Crippen LogP contribution in [0.3, 0.4) is 0 Å². The molecule has 0 N–H and O–H groups in total. The molecular formula is C12H19BrClN3. The lowest BCUT2D eigenvalue weighted by Crippen LogP contribution is -2.30. The largest absolute Gasteiger partial charge is 0.294 e. The summed E-state index contributed by atoms with van der Waals surface area (Å²) in [7, 11) is 1.99. The average Bonchev–Trinajstić information content (AvgIpc) is 2.88. The van der Waals surface area contributed by atoms with E-state index in [-0.39, 0.29) is 0 Å². The van der Waals surface area contributed by atoms with Crippen molar-refractivity contribution >= 4 is 27.5 Å². The predicted octanol–water partition coefficient (Wildman–Crippen LogP) is 3.00. The molecule has 1 fully saturated rings. The Morgan fingerprint density at radius 3 is 2.88 bits per heavy atom. The molecule has 0 aromatic carbocycles. The number of rotatable bonds is 4. The van der Waals surface area contributed by atoms with Gasteiger partial charge in [-0.25, -0.2) is 0 Å². The molecule has 96 valence electrons. The van der Waals surface area contributed by atoms with Gasteiger partial charge in [0.25, 0.3) is 0 Å². The number of hydrogen-bond donors (Lipinski definition) is 0. The first-order valence-electron chi connectivity index (χ1n) is 6.17. The molecule has 0 amide bonds. The zero-order chi connectivity index (χ0) is 12.4. The molecule has 1 aromatic rings. The van der Waals surface area contributed by atoms with E-state index < -0.39 is 0 Å². The summed E-state index contributed by atoms with van der Waals surface area (Å²) in [5.41, 5.74) is 2.16. The fraction of sp³-hybridized carbons (Fsp3) is 0.750. The number of likely N-dealkylation sites (tertiary alicyclic amines) is 1. The number of aromatic nitrogens is 2. The molecule has 2 heterocycles. The lowest BCUT2D eigenvalue weighted by molar-refractivity contribution is 0.258. The second kappa shape index (κ2) is 5.72. The Morgan fingerprint density at radius 2 is 2.29 bits per heavy atom. The van der Waals surface area contributed by atoms with E-state index in [4.69, 9.17) is 11.6 Å².